The van der Waals surface area contributed by atoms with Crippen molar-refractivity contribution in [2.75, 3.05) is 42.6 Å². The number of para-hydroxylation sites is 1. The number of hydrogen-bond donors (Lipinski definition) is 2. The van der Waals surface area contributed by atoms with E-state index in [1.165, 1.54) is 6.07 Å². The van der Waals surface area contributed by atoms with Crippen molar-refractivity contribution in [2.45, 2.75) is 43.6 Å². The van der Waals surface area contributed by atoms with Gasteiger partial charge in [-0.3, -0.25) is 14.6 Å². The molecule has 0 unspecified atom stereocenters. The number of amides is 2. The fraction of sp³-hybridized carbons (Fsp3) is 0.419. The lowest BCUT2D eigenvalue weighted by molar-refractivity contribution is -0.124. The lowest BCUT2D eigenvalue weighted by Crippen LogP contribution is -2.64. The third-order valence-electron chi connectivity index (χ3n) is 8.62. The Morgan fingerprint density at radius 3 is 2.65 bits per heavy atom. The number of halogens is 3. The summed E-state index contributed by atoms with van der Waals surface area (Å²) in [6.07, 6.45) is 1.16. The number of benzene rings is 1. The van der Waals surface area contributed by atoms with Crippen LogP contribution in [0.1, 0.15) is 53.7 Å². The van der Waals surface area contributed by atoms with Crippen LogP contribution >= 0.6 is 11.6 Å². The molecule has 1 saturated heterocycles. The Morgan fingerprint density at radius 2 is 1.91 bits per heavy atom. The predicted octanol–water partition coefficient (Wildman–Crippen LogP) is 4.53. The van der Waals surface area contributed by atoms with Gasteiger partial charge in [-0.15, -0.1) is 0 Å². The fourth-order valence-electron chi connectivity index (χ4n) is 6.48. The van der Waals surface area contributed by atoms with Crippen LogP contribution in [0.4, 0.5) is 20.3 Å². The molecule has 1 aliphatic carbocycles. The molecule has 2 aromatic heterocycles. The van der Waals surface area contributed by atoms with Gasteiger partial charge in [-0.25, -0.2) is 8.78 Å². The van der Waals surface area contributed by atoms with Crippen LogP contribution in [-0.2, 0) is 10.2 Å². The van der Waals surface area contributed by atoms with E-state index in [4.69, 9.17) is 21.4 Å². The highest BCUT2D eigenvalue weighted by atomic mass is 35.5. The normalized spacial score (nSPS) is 20.7. The maximum absolute atomic E-state index is 14.0. The minimum Gasteiger partial charge on any atom is -0.475 e. The molecule has 226 valence electrons. The highest BCUT2D eigenvalue weighted by Gasteiger charge is 2.58. The standard InChI is InChI=1S/C31H32ClF2N5O4/c32-20-14-22(27(28(33)34)35-15-20)29(41)36-21-10-8-19(9-11-21)16-39-24-5-2-1-4-23(24)31(30(39)42)17-38(18-31)25-6-3-7-26(37-25)43-13-12-40/h1-7,14-15,19,21,28,40H,8-13,16-18H2,(H,36,41). The van der Waals surface area contributed by atoms with Gasteiger partial charge >= 0.3 is 0 Å². The summed E-state index contributed by atoms with van der Waals surface area (Å²) in [6.45, 7) is 1.66. The molecule has 2 amide bonds. The van der Waals surface area contributed by atoms with Crippen molar-refractivity contribution in [3.05, 3.63) is 76.6 Å². The number of aliphatic hydroxyl groups is 1. The first-order valence-electron chi connectivity index (χ1n) is 14.4. The lowest BCUT2D eigenvalue weighted by atomic mass is 9.74. The van der Waals surface area contributed by atoms with Crippen LogP contribution in [-0.4, -0.2) is 65.8 Å². The first-order valence-corrected chi connectivity index (χ1v) is 14.8. The number of aliphatic hydroxyl groups excluding tert-OH is 1. The van der Waals surface area contributed by atoms with Gasteiger partial charge in [0.15, 0.2) is 0 Å². The van der Waals surface area contributed by atoms with E-state index >= 15 is 0 Å². The first-order chi connectivity index (χ1) is 20.8. The molecular weight excluding hydrogens is 580 g/mol. The van der Waals surface area contributed by atoms with E-state index in [1.807, 2.05) is 41.3 Å². The number of carbonyl (C=O) groups is 2. The quantitative estimate of drug-likeness (QED) is 0.366. The third kappa shape index (κ3) is 5.63. The van der Waals surface area contributed by atoms with E-state index in [1.54, 1.807) is 6.07 Å². The maximum atomic E-state index is 14.0. The molecule has 1 spiro atoms. The molecule has 3 aliphatic rings. The molecule has 0 atom stereocenters. The largest absolute Gasteiger partial charge is 0.475 e. The monoisotopic (exact) mass is 611 g/mol. The van der Waals surface area contributed by atoms with Crippen LogP contribution in [0.5, 0.6) is 5.88 Å². The number of nitrogens with zero attached hydrogens (tertiary/aromatic N) is 4. The number of anilines is 2. The van der Waals surface area contributed by atoms with E-state index < -0.39 is 23.4 Å². The predicted molar refractivity (Wildman–Crippen MR) is 157 cm³/mol. The molecule has 0 bridgehead atoms. The van der Waals surface area contributed by atoms with Crippen molar-refractivity contribution in [3.8, 4) is 5.88 Å². The van der Waals surface area contributed by atoms with Gasteiger partial charge in [0.25, 0.3) is 12.3 Å². The fourth-order valence-corrected chi connectivity index (χ4v) is 6.64. The third-order valence-corrected chi connectivity index (χ3v) is 8.83. The molecule has 1 saturated carbocycles. The second kappa shape index (κ2) is 12.0. The molecule has 4 heterocycles. The SMILES string of the molecule is O=C(NC1CCC(CN2C(=O)C3(CN(c4cccc(OCCO)n4)C3)c3ccccc32)CC1)c1cc(Cl)cnc1C(F)F. The van der Waals surface area contributed by atoms with Crippen molar-refractivity contribution >= 4 is 34.9 Å². The van der Waals surface area contributed by atoms with E-state index in [-0.39, 0.29) is 41.7 Å². The van der Waals surface area contributed by atoms with Crippen molar-refractivity contribution in [2.24, 2.45) is 5.92 Å². The summed E-state index contributed by atoms with van der Waals surface area (Å²) in [7, 11) is 0. The molecule has 6 rings (SSSR count). The number of hydrogen-bond acceptors (Lipinski definition) is 7. The Bertz CT molecular complexity index is 1510. The van der Waals surface area contributed by atoms with Crippen LogP contribution in [0.15, 0.2) is 54.7 Å². The highest BCUT2D eigenvalue weighted by molar-refractivity contribution is 6.30. The van der Waals surface area contributed by atoms with Gasteiger partial charge < -0.3 is 25.0 Å². The average molecular weight is 612 g/mol. The Balaban J connectivity index is 1.09. The van der Waals surface area contributed by atoms with Crippen molar-refractivity contribution in [1.82, 2.24) is 15.3 Å². The summed E-state index contributed by atoms with van der Waals surface area (Å²) < 4.78 is 32.2. The number of fused-ring (bicyclic) bond motifs is 2. The second-order valence-electron chi connectivity index (χ2n) is 11.4. The molecule has 1 aromatic carbocycles. The van der Waals surface area contributed by atoms with Gasteiger partial charge in [-0.1, -0.05) is 35.9 Å². The summed E-state index contributed by atoms with van der Waals surface area (Å²) in [6, 6.07) is 14.5. The van der Waals surface area contributed by atoms with Gasteiger partial charge in [0.1, 0.15) is 23.5 Å². The summed E-state index contributed by atoms with van der Waals surface area (Å²) in [4.78, 5) is 39.0. The van der Waals surface area contributed by atoms with Crippen molar-refractivity contribution in [3.63, 3.8) is 0 Å². The zero-order valence-corrected chi connectivity index (χ0v) is 24.1. The molecule has 2 N–H and O–H groups in total. The van der Waals surface area contributed by atoms with Crippen LogP contribution in [0, 0.1) is 5.92 Å². The van der Waals surface area contributed by atoms with Crippen LogP contribution < -0.4 is 19.9 Å². The number of aromatic nitrogens is 2. The topological polar surface area (TPSA) is 108 Å². The van der Waals surface area contributed by atoms with Crippen LogP contribution in [0.25, 0.3) is 0 Å². The zero-order valence-electron chi connectivity index (χ0n) is 23.4. The van der Waals surface area contributed by atoms with Gasteiger partial charge in [-0.05, 0) is 55.4 Å². The molecule has 9 nitrogen and oxygen atoms in total. The van der Waals surface area contributed by atoms with Gasteiger partial charge in [0, 0.05) is 43.6 Å². The minimum atomic E-state index is -2.88. The number of alkyl halides is 2. The van der Waals surface area contributed by atoms with E-state index in [2.05, 4.69) is 20.2 Å². The van der Waals surface area contributed by atoms with Crippen LogP contribution in [0.2, 0.25) is 5.02 Å². The van der Waals surface area contributed by atoms with Crippen LogP contribution in [0.3, 0.4) is 0 Å². The number of ether oxygens (including phenoxy) is 1. The number of rotatable bonds is 9. The number of pyridine rings is 2. The van der Waals surface area contributed by atoms with E-state index in [0.29, 0.717) is 38.4 Å². The number of nitrogens with one attached hydrogen (secondary N) is 1. The highest BCUT2D eigenvalue weighted by Crippen LogP contribution is 2.49. The van der Waals surface area contributed by atoms with E-state index in [0.717, 1.165) is 36.1 Å². The second-order valence-corrected chi connectivity index (χ2v) is 11.8. The molecule has 3 aromatic rings. The van der Waals surface area contributed by atoms with Gasteiger partial charge in [0.05, 0.1) is 17.2 Å². The molecule has 43 heavy (non-hydrogen) atoms. The summed E-state index contributed by atoms with van der Waals surface area (Å²) in [5.74, 6) is 0.870. The summed E-state index contributed by atoms with van der Waals surface area (Å²) in [5.41, 5.74) is 0.532. The summed E-state index contributed by atoms with van der Waals surface area (Å²) >= 11 is 5.91. The molecular formula is C31H32ClF2N5O4. The smallest absolute Gasteiger partial charge is 0.281 e. The van der Waals surface area contributed by atoms with Gasteiger partial charge in [0.2, 0.25) is 11.8 Å². The first kappa shape index (κ1) is 29.3. The van der Waals surface area contributed by atoms with E-state index in [9.17, 15) is 18.4 Å². The lowest BCUT2D eigenvalue weighted by Gasteiger charge is -2.47. The van der Waals surface area contributed by atoms with Crippen molar-refractivity contribution < 1.29 is 28.2 Å². The van der Waals surface area contributed by atoms with Crippen molar-refractivity contribution in [1.29, 1.82) is 0 Å². The summed E-state index contributed by atoms with van der Waals surface area (Å²) in [5, 5.41) is 12.0. The number of carbonyl (C=O) groups excluding carboxylic acids is 2. The molecule has 0 radical (unpaired) electrons. The zero-order chi connectivity index (χ0) is 30.1. The Kier molecular flexibility index (Phi) is 8.19. The maximum Gasteiger partial charge on any atom is 0.281 e. The Morgan fingerprint density at radius 1 is 1.14 bits per heavy atom. The molecule has 2 fully saturated rings. The molecule has 2 aliphatic heterocycles. The average Bonchev–Trinajstić information content (AvgIpc) is 3.23. The Labute approximate surface area is 252 Å². The minimum absolute atomic E-state index is 0.0843. The van der Waals surface area contributed by atoms with Gasteiger partial charge in [-0.2, -0.15) is 4.98 Å². The molecule has 12 heteroatoms. The Hall–Kier alpha value is -3.83.